The largest absolute Gasteiger partial charge is 0.384 e. The fourth-order valence-electron chi connectivity index (χ4n) is 1.16. The van der Waals surface area contributed by atoms with E-state index in [9.17, 15) is 0 Å². The number of nitriles is 1. The highest BCUT2D eigenvalue weighted by molar-refractivity contribution is 5.57. The fraction of sp³-hybridized carbons (Fsp3) is 0.364. The lowest BCUT2D eigenvalue weighted by Gasteiger charge is -2.13. The van der Waals surface area contributed by atoms with Gasteiger partial charge in [-0.05, 0) is 18.2 Å². The van der Waals surface area contributed by atoms with Gasteiger partial charge >= 0.3 is 0 Å². The molecule has 1 rings (SSSR count). The van der Waals surface area contributed by atoms with Crippen LogP contribution < -0.4 is 10.2 Å². The summed E-state index contributed by atoms with van der Waals surface area (Å²) < 4.78 is 0. The molecule has 3 heteroatoms. The Labute approximate surface area is 85.0 Å². The minimum atomic E-state index is 0.534. The summed E-state index contributed by atoms with van der Waals surface area (Å²) in [6.45, 7) is 0.702. The van der Waals surface area contributed by atoms with Gasteiger partial charge in [-0.2, -0.15) is 5.26 Å². The maximum absolute atomic E-state index is 8.39. The Kier molecular flexibility index (Phi) is 3.81. The minimum Gasteiger partial charge on any atom is -0.384 e. The number of rotatable bonds is 4. The maximum atomic E-state index is 8.39. The molecule has 3 nitrogen and oxygen atoms in total. The molecule has 14 heavy (non-hydrogen) atoms. The summed E-state index contributed by atoms with van der Waals surface area (Å²) in [6.07, 6.45) is 0.534. The van der Waals surface area contributed by atoms with Gasteiger partial charge in [0.25, 0.3) is 0 Å². The van der Waals surface area contributed by atoms with E-state index in [4.69, 9.17) is 5.26 Å². The summed E-state index contributed by atoms with van der Waals surface area (Å²) in [7, 11) is 4.02. The Balaban J connectivity index is 2.60. The molecule has 1 aromatic rings. The molecule has 0 unspecified atom stereocenters. The first-order valence-electron chi connectivity index (χ1n) is 4.62. The monoisotopic (exact) mass is 189 g/mol. The zero-order valence-corrected chi connectivity index (χ0v) is 8.62. The van der Waals surface area contributed by atoms with E-state index in [0.717, 1.165) is 11.4 Å². The van der Waals surface area contributed by atoms with E-state index in [1.807, 2.05) is 26.2 Å². The van der Waals surface area contributed by atoms with Crippen LogP contribution in [0, 0.1) is 11.3 Å². The highest BCUT2D eigenvalue weighted by Gasteiger charge is 1.96. The van der Waals surface area contributed by atoms with Gasteiger partial charge in [-0.1, -0.05) is 6.07 Å². The quantitative estimate of drug-likeness (QED) is 0.737. The summed E-state index contributed by atoms with van der Waals surface area (Å²) in [5.74, 6) is 0. The Hall–Kier alpha value is -1.69. The van der Waals surface area contributed by atoms with E-state index in [-0.39, 0.29) is 0 Å². The van der Waals surface area contributed by atoms with Gasteiger partial charge in [0.1, 0.15) is 0 Å². The van der Waals surface area contributed by atoms with E-state index in [0.29, 0.717) is 13.0 Å². The molecule has 0 aromatic heterocycles. The molecule has 0 fully saturated rings. The molecule has 0 aliphatic carbocycles. The van der Waals surface area contributed by atoms with Crippen LogP contribution >= 0.6 is 0 Å². The number of nitrogens with one attached hydrogen (secondary N) is 1. The fourth-order valence-corrected chi connectivity index (χ4v) is 1.16. The number of anilines is 2. The molecule has 0 spiro atoms. The molecule has 0 aliphatic heterocycles. The number of benzene rings is 1. The van der Waals surface area contributed by atoms with Crippen LogP contribution in [-0.4, -0.2) is 20.6 Å². The maximum Gasteiger partial charge on any atom is 0.0640 e. The SMILES string of the molecule is CN(C)c1cccc(NCCC#N)c1. The van der Waals surface area contributed by atoms with E-state index in [2.05, 4.69) is 28.4 Å². The first-order valence-corrected chi connectivity index (χ1v) is 4.62. The third-order valence-electron chi connectivity index (χ3n) is 1.93. The van der Waals surface area contributed by atoms with Crippen LogP contribution in [0.2, 0.25) is 0 Å². The average molecular weight is 189 g/mol. The molecule has 0 bridgehead atoms. The first-order chi connectivity index (χ1) is 6.74. The van der Waals surface area contributed by atoms with Gasteiger partial charge in [0.05, 0.1) is 12.5 Å². The molecule has 0 aliphatic rings. The second-order valence-electron chi connectivity index (χ2n) is 3.28. The number of nitrogens with zero attached hydrogens (tertiary/aromatic N) is 2. The Morgan fingerprint density at radius 1 is 1.43 bits per heavy atom. The van der Waals surface area contributed by atoms with Gasteiger partial charge in [0.2, 0.25) is 0 Å². The summed E-state index contributed by atoms with van der Waals surface area (Å²) in [5, 5.41) is 11.6. The Bertz CT molecular complexity index is 326. The van der Waals surface area contributed by atoms with E-state index in [1.165, 1.54) is 0 Å². The highest BCUT2D eigenvalue weighted by atomic mass is 15.1. The molecule has 0 radical (unpaired) electrons. The van der Waals surface area contributed by atoms with Crippen LogP contribution in [0.3, 0.4) is 0 Å². The molecule has 0 atom stereocenters. The smallest absolute Gasteiger partial charge is 0.0640 e. The van der Waals surface area contributed by atoms with Crippen molar-refractivity contribution < 1.29 is 0 Å². The highest BCUT2D eigenvalue weighted by Crippen LogP contribution is 2.16. The molecule has 0 amide bonds. The lowest BCUT2D eigenvalue weighted by Crippen LogP contribution is -2.09. The second-order valence-corrected chi connectivity index (χ2v) is 3.28. The first kappa shape index (κ1) is 10.4. The van der Waals surface area contributed by atoms with E-state index in [1.54, 1.807) is 0 Å². The minimum absolute atomic E-state index is 0.534. The van der Waals surface area contributed by atoms with Crippen molar-refractivity contribution in [1.82, 2.24) is 0 Å². The van der Waals surface area contributed by atoms with Crippen LogP contribution in [0.5, 0.6) is 0 Å². The molecule has 0 heterocycles. The van der Waals surface area contributed by atoms with Gasteiger partial charge in [-0.15, -0.1) is 0 Å². The topological polar surface area (TPSA) is 39.1 Å². The molecule has 1 N–H and O–H groups in total. The van der Waals surface area contributed by atoms with Crippen LogP contribution in [0.1, 0.15) is 6.42 Å². The summed E-state index contributed by atoms with van der Waals surface area (Å²) in [5.41, 5.74) is 2.22. The van der Waals surface area contributed by atoms with Gasteiger partial charge in [-0.3, -0.25) is 0 Å². The van der Waals surface area contributed by atoms with Gasteiger partial charge in [0, 0.05) is 32.0 Å². The van der Waals surface area contributed by atoms with Gasteiger partial charge in [0.15, 0.2) is 0 Å². The zero-order valence-electron chi connectivity index (χ0n) is 8.62. The van der Waals surface area contributed by atoms with Crippen molar-refractivity contribution in [3.63, 3.8) is 0 Å². The molecular weight excluding hydrogens is 174 g/mol. The summed E-state index contributed by atoms with van der Waals surface area (Å²) in [6, 6.07) is 10.2. The van der Waals surface area contributed by atoms with Gasteiger partial charge < -0.3 is 10.2 Å². The third-order valence-corrected chi connectivity index (χ3v) is 1.93. The van der Waals surface area contributed by atoms with E-state index < -0.39 is 0 Å². The lowest BCUT2D eigenvalue weighted by atomic mass is 10.2. The van der Waals surface area contributed by atoms with Gasteiger partial charge in [-0.25, -0.2) is 0 Å². The van der Waals surface area contributed by atoms with Crippen LogP contribution in [0.4, 0.5) is 11.4 Å². The second kappa shape index (κ2) is 5.13. The normalized spacial score (nSPS) is 9.21. The van der Waals surface area contributed by atoms with Crippen molar-refractivity contribution in [3.05, 3.63) is 24.3 Å². The van der Waals surface area contributed by atoms with Crippen LogP contribution in [-0.2, 0) is 0 Å². The van der Waals surface area contributed by atoms with Crippen molar-refractivity contribution in [2.24, 2.45) is 0 Å². The summed E-state index contributed by atoms with van der Waals surface area (Å²) >= 11 is 0. The predicted octanol–water partition coefficient (Wildman–Crippen LogP) is 2.08. The molecule has 74 valence electrons. The van der Waals surface area contributed by atoms with Crippen molar-refractivity contribution >= 4 is 11.4 Å². The van der Waals surface area contributed by atoms with Crippen molar-refractivity contribution in [3.8, 4) is 6.07 Å². The molecule has 0 saturated heterocycles. The third kappa shape index (κ3) is 2.98. The number of hydrogen-bond donors (Lipinski definition) is 1. The van der Waals surface area contributed by atoms with Crippen molar-refractivity contribution in [1.29, 1.82) is 5.26 Å². The summed E-state index contributed by atoms with van der Waals surface area (Å²) in [4.78, 5) is 2.05. The van der Waals surface area contributed by atoms with Crippen molar-refractivity contribution in [2.75, 3.05) is 30.9 Å². The molecule has 1 aromatic carbocycles. The predicted molar refractivity (Wildman–Crippen MR) is 59.5 cm³/mol. The van der Waals surface area contributed by atoms with E-state index >= 15 is 0 Å². The lowest BCUT2D eigenvalue weighted by molar-refractivity contribution is 1.07. The number of hydrogen-bond acceptors (Lipinski definition) is 3. The average Bonchev–Trinajstić information content (AvgIpc) is 2.19. The molecule has 0 saturated carbocycles. The van der Waals surface area contributed by atoms with Crippen LogP contribution in [0.25, 0.3) is 0 Å². The Morgan fingerprint density at radius 3 is 2.86 bits per heavy atom. The van der Waals surface area contributed by atoms with Crippen molar-refractivity contribution in [2.45, 2.75) is 6.42 Å². The zero-order chi connectivity index (χ0) is 10.4. The van der Waals surface area contributed by atoms with Crippen LogP contribution in [0.15, 0.2) is 24.3 Å². The Morgan fingerprint density at radius 2 is 2.21 bits per heavy atom. The molecular formula is C11H15N3. The standard InChI is InChI=1S/C11H15N3/c1-14(2)11-6-3-5-10(9-11)13-8-4-7-12/h3,5-6,9,13H,4,8H2,1-2H3.